The minimum Gasteiger partial charge on any atom is -0.435 e. The van der Waals surface area contributed by atoms with E-state index in [1.54, 1.807) is 35.9 Å². The van der Waals surface area contributed by atoms with Gasteiger partial charge in [0.1, 0.15) is 5.75 Å². The molecule has 4 aromatic rings. The lowest BCUT2D eigenvalue weighted by molar-refractivity contribution is -0.0498. The van der Waals surface area contributed by atoms with Crippen LogP contribution in [0.4, 0.5) is 14.6 Å². The molecule has 3 aromatic heterocycles. The van der Waals surface area contributed by atoms with Crippen molar-refractivity contribution in [2.75, 3.05) is 5.32 Å². The molecule has 0 bridgehead atoms. The number of nitrogens with one attached hydrogen (secondary N) is 1. The molecule has 0 aliphatic heterocycles. The van der Waals surface area contributed by atoms with Crippen molar-refractivity contribution in [3.8, 4) is 17.0 Å². The number of hydrogen-bond acceptors (Lipinski definition) is 6. The third kappa shape index (κ3) is 4.09. The summed E-state index contributed by atoms with van der Waals surface area (Å²) >= 11 is 0. The van der Waals surface area contributed by atoms with E-state index >= 15 is 0 Å². The molecule has 4 rings (SSSR count). The first-order valence-electron chi connectivity index (χ1n) is 9.53. The third-order valence-electron chi connectivity index (χ3n) is 4.74. The number of hydrogen-bond donors (Lipinski definition) is 1. The highest BCUT2D eigenvalue weighted by molar-refractivity contribution is 6.12. The number of amides is 1. The first-order valence-corrected chi connectivity index (χ1v) is 9.53. The molecule has 0 radical (unpaired) electrons. The van der Waals surface area contributed by atoms with Crippen LogP contribution in [-0.4, -0.2) is 32.4 Å². The van der Waals surface area contributed by atoms with Crippen LogP contribution in [0.25, 0.3) is 22.4 Å². The molecule has 0 unspecified atom stereocenters. The van der Waals surface area contributed by atoms with Crippen LogP contribution in [0.5, 0.6) is 5.75 Å². The molecule has 160 valence electrons. The largest absolute Gasteiger partial charge is 0.435 e. The number of aromatic nitrogens is 4. The SMILES string of the molecule is CCn1nc(NC(=O)c2cc(-c3cccc(OC(F)F)c3)nc3onc(C)c23)cc1C. The van der Waals surface area contributed by atoms with Crippen LogP contribution in [0, 0.1) is 13.8 Å². The van der Waals surface area contributed by atoms with E-state index in [0.717, 1.165) is 5.69 Å². The third-order valence-corrected chi connectivity index (χ3v) is 4.74. The van der Waals surface area contributed by atoms with Crippen LogP contribution in [0.1, 0.15) is 28.7 Å². The average molecular weight is 427 g/mol. The summed E-state index contributed by atoms with van der Waals surface area (Å²) < 4.78 is 36.7. The maximum absolute atomic E-state index is 13.1. The Hall–Kier alpha value is -3.82. The number of carbonyl (C=O) groups is 1. The Morgan fingerprint density at radius 2 is 2.06 bits per heavy atom. The van der Waals surface area contributed by atoms with Crippen molar-refractivity contribution in [3.05, 3.63) is 53.3 Å². The van der Waals surface area contributed by atoms with Crippen LogP contribution in [0.2, 0.25) is 0 Å². The van der Waals surface area contributed by atoms with E-state index in [2.05, 4.69) is 25.3 Å². The number of halogens is 2. The second kappa shape index (κ2) is 8.13. The standard InChI is InChI=1S/C21H19F2N5O3/c1-4-28-11(2)8-17(26-28)25-19(29)15-10-16(24-20-18(15)12(3)27-31-20)13-6-5-7-14(9-13)30-21(22)23/h5-10,21H,4H2,1-3H3,(H,25,26,29). The van der Waals surface area contributed by atoms with Gasteiger partial charge in [0.15, 0.2) is 5.82 Å². The van der Waals surface area contributed by atoms with Crippen LogP contribution in [-0.2, 0) is 6.54 Å². The van der Waals surface area contributed by atoms with Gasteiger partial charge in [0.2, 0.25) is 0 Å². The zero-order valence-electron chi connectivity index (χ0n) is 17.0. The van der Waals surface area contributed by atoms with Gasteiger partial charge in [-0.1, -0.05) is 17.3 Å². The first kappa shape index (κ1) is 20.5. The second-order valence-electron chi connectivity index (χ2n) is 6.85. The zero-order chi connectivity index (χ0) is 22.1. The molecule has 8 nitrogen and oxygen atoms in total. The van der Waals surface area contributed by atoms with Crippen molar-refractivity contribution in [3.63, 3.8) is 0 Å². The van der Waals surface area contributed by atoms with E-state index in [-0.39, 0.29) is 17.0 Å². The predicted molar refractivity (Wildman–Crippen MR) is 109 cm³/mol. The van der Waals surface area contributed by atoms with Crippen molar-refractivity contribution >= 4 is 22.8 Å². The van der Waals surface area contributed by atoms with Crippen molar-refractivity contribution in [1.29, 1.82) is 0 Å². The van der Waals surface area contributed by atoms with Crippen molar-refractivity contribution < 1.29 is 22.8 Å². The van der Waals surface area contributed by atoms with Gasteiger partial charge in [-0.05, 0) is 39.0 Å². The van der Waals surface area contributed by atoms with Gasteiger partial charge in [-0.15, -0.1) is 0 Å². The van der Waals surface area contributed by atoms with Crippen LogP contribution in [0.3, 0.4) is 0 Å². The lowest BCUT2D eigenvalue weighted by atomic mass is 10.0. The van der Waals surface area contributed by atoms with Gasteiger partial charge in [0.25, 0.3) is 11.6 Å². The number of rotatable bonds is 6. The maximum atomic E-state index is 13.1. The highest BCUT2D eigenvalue weighted by atomic mass is 19.3. The molecule has 0 saturated carbocycles. The van der Waals surface area contributed by atoms with Gasteiger partial charge in [-0.25, -0.2) is 4.98 Å². The highest BCUT2D eigenvalue weighted by Gasteiger charge is 2.21. The van der Waals surface area contributed by atoms with Gasteiger partial charge in [0.05, 0.1) is 22.3 Å². The Bertz CT molecular complexity index is 1270. The molecule has 1 N–H and O–H groups in total. The minimum atomic E-state index is -2.95. The fraction of sp³-hybridized carbons (Fsp3) is 0.238. The van der Waals surface area contributed by atoms with E-state index in [1.807, 2.05) is 13.8 Å². The Balaban J connectivity index is 1.76. The topological polar surface area (TPSA) is 95.1 Å². The smallest absolute Gasteiger partial charge is 0.387 e. The number of benzene rings is 1. The van der Waals surface area contributed by atoms with Crippen molar-refractivity contribution in [1.82, 2.24) is 19.9 Å². The number of pyridine rings is 1. The Kier molecular flexibility index (Phi) is 5.37. The lowest BCUT2D eigenvalue weighted by Gasteiger charge is -2.09. The number of fused-ring (bicyclic) bond motifs is 1. The summed E-state index contributed by atoms with van der Waals surface area (Å²) in [6, 6.07) is 9.39. The summed E-state index contributed by atoms with van der Waals surface area (Å²) in [5, 5.41) is 11.5. The van der Waals surface area contributed by atoms with E-state index < -0.39 is 12.5 Å². The molecule has 0 atom stereocenters. The van der Waals surface area contributed by atoms with Crippen LogP contribution >= 0.6 is 0 Å². The highest BCUT2D eigenvalue weighted by Crippen LogP contribution is 2.29. The Morgan fingerprint density at radius 3 is 2.77 bits per heavy atom. The molecule has 0 aliphatic carbocycles. The van der Waals surface area contributed by atoms with Crippen LogP contribution in [0.15, 0.2) is 40.9 Å². The van der Waals surface area contributed by atoms with E-state index in [4.69, 9.17) is 4.52 Å². The van der Waals surface area contributed by atoms with E-state index in [9.17, 15) is 13.6 Å². The molecule has 31 heavy (non-hydrogen) atoms. The molecule has 0 fully saturated rings. The summed E-state index contributed by atoms with van der Waals surface area (Å²) in [6.45, 7) is 3.28. The first-order chi connectivity index (χ1) is 14.9. The molecule has 1 amide bonds. The number of carbonyl (C=O) groups excluding carboxylic acids is 1. The van der Waals surface area contributed by atoms with E-state index in [0.29, 0.717) is 34.7 Å². The van der Waals surface area contributed by atoms with Gasteiger partial charge in [-0.2, -0.15) is 13.9 Å². The summed E-state index contributed by atoms with van der Waals surface area (Å²) in [5.74, 6) is -0.0206. The predicted octanol–water partition coefficient (Wildman–Crippen LogP) is 4.58. The molecule has 0 aliphatic rings. The van der Waals surface area contributed by atoms with Crippen LogP contribution < -0.4 is 10.1 Å². The quantitative estimate of drug-likeness (QED) is 0.484. The summed E-state index contributed by atoms with van der Waals surface area (Å²) in [6.07, 6.45) is 0. The fourth-order valence-corrected chi connectivity index (χ4v) is 3.33. The number of aryl methyl sites for hydroxylation is 3. The van der Waals surface area contributed by atoms with Crippen molar-refractivity contribution in [2.45, 2.75) is 33.9 Å². The number of ether oxygens (including phenoxy) is 1. The van der Waals surface area contributed by atoms with Crippen molar-refractivity contribution in [2.24, 2.45) is 0 Å². The molecule has 0 saturated heterocycles. The molecular formula is C21H19F2N5O3. The molecule has 3 heterocycles. The normalized spacial score (nSPS) is 11.3. The summed E-state index contributed by atoms with van der Waals surface area (Å²) in [5.41, 5.74) is 2.69. The number of alkyl halides is 2. The lowest BCUT2D eigenvalue weighted by Crippen LogP contribution is -2.14. The monoisotopic (exact) mass is 427 g/mol. The molecular weight excluding hydrogens is 408 g/mol. The molecule has 0 spiro atoms. The fourth-order valence-electron chi connectivity index (χ4n) is 3.33. The van der Waals surface area contributed by atoms with Gasteiger partial charge in [-0.3, -0.25) is 9.48 Å². The Labute approximate surface area is 175 Å². The maximum Gasteiger partial charge on any atom is 0.387 e. The van der Waals surface area contributed by atoms with Gasteiger partial charge < -0.3 is 14.6 Å². The zero-order valence-corrected chi connectivity index (χ0v) is 17.0. The van der Waals surface area contributed by atoms with Gasteiger partial charge in [0, 0.05) is 23.9 Å². The molecule has 10 heteroatoms. The summed E-state index contributed by atoms with van der Waals surface area (Å²) in [7, 11) is 0. The average Bonchev–Trinajstić information content (AvgIpc) is 3.28. The second-order valence-corrected chi connectivity index (χ2v) is 6.85. The minimum absolute atomic E-state index is 0.0188. The molecule has 1 aromatic carbocycles. The number of nitrogens with zero attached hydrogens (tertiary/aromatic N) is 4. The van der Waals surface area contributed by atoms with E-state index in [1.165, 1.54) is 12.1 Å². The van der Waals surface area contributed by atoms with Gasteiger partial charge >= 0.3 is 6.61 Å². The Morgan fingerprint density at radius 1 is 1.26 bits per heavy atom. The summed E-state index contributed by atoms with van der Waals surface area (Å²) in [4.78, 5) is 17.5. The number of anilines is 1.